The largest absolute Gasteiger partial charge is 0.370 e. The average molecular weight is 396 g/mol. The van der Waals surface area contributed by atoms with Crippen molar-refractivity contribution in [3.05, 3.63) is 0 Å². The van der Waals surface area contributed by atoms with Crippen LogP contribution in [-0.4, -0.2) is 31.5 Å². The molecule has 1 amide bonds. The van der Waals surface area contributed by atoms with E-state index in [0.29, 0.717) is 25.0 Å². The van der Waals surface area contributed by atoms with E-state index in [4.69, 9.17) is 5.73 Å². The molecule has 1 saturated carbocycles. The number of rotatable bonds is 8. The molecular weight excluding hydrogens is 367 g/mol. The van der Waals surface area contributed by atoms with E-state index in [1.54, 1.807) is 0 Å². The number of nitrogens with zero attached hydrogens (tertiary/aromatic N) is 1. The summed E-state index contributed by atoms with van der Waals surface area (Å²) in [6.45, 7) is 6.58. The number of hydrogen-bond acceptors (Lipinski definition) is 2. The van der Waals surface area contributed by atoms with Gasteiger partial charge in [-0.25, -0.2) is 0 Å². The molecule has 0 atom stereocenters. The third-order valence-electron chi connectivity index (χ3n) is 3.42. The molecule has 5 nitrogen and oxygen atoms in total. The first kappa shape index (κ1) is 19.5. The van der Waals surface area contributed by atoms with Gasteiger partial charge in [0.1, 0.15) is 0 Å². The minimum atomic E-state index is 0. The van der Waals surface area contributed by atoms with Gasteiger partial charge < -0.3 is 16.4 Å². The van der Waals surface area contributed by atoms with Gasteiger partial charge in [0.25, 0.3) is 0 Å². The van der Waals surface area contributed by atoms with Crippen molar-refractivity contribution < 1.29 is 4.79 Å². The molecule has 0 unspecified atom stereocenters. The molecule has 0 aromatic carbocycles. The van der Waals surface area contributed by atoms with E-state index in [-0.39, 0.29) is 35.8 Å². The number of halogens is 1. The molecule has 0 spiro atoms. The van der Waals surface area contributed by atoms with E-state index in [1.165, 1.54) is 6.42 Å². The molecule has 1 aliphatic rings. The van der Waals surface area contributed by atoms with Crippen LogP contribution in [0.4, 0.5) is 0 Å². The van der Waals surface area contributed by atoms with Crippen molar-refractivity contribution in [3.63, 3.8) is 0 Å². The number of carbonyl (C=O) groups excluding carboxylic acids is 1. The van der Waals surface area contributed by atoms with Crippen LogP contribution in [0, 0.1) is 11.8 Å². The van der Waals surface area contributed by atoms with Gasteiger partial charge in [-0.3, -0.25) is 9.79 Å². The first-order chi connectivity index (χ1) is 9.09. The van der Waals surface area contributed by atoms with Gasteiger partial charge in [0.05, 0.1) is 0 Å². The summed E-state index contributed by atoms with van der Waals surface area (Å²) < 4.78 is 0. The zero-order chi connectivity index (χ0) is 14.1. The van der Waals surface area contributed by atoms with Crippen molar-refractivity contribution in [3.8, 4) is 0 Å². The highest BCUT2D eigenvalue weighted by Crippen LogP contribution is 2.25. The van der Waals surface area contributed by atoms with Crippen molar-refractivity contribution in [2.45, 2.75) is 46.0 Å². The number of nitrogens with two attached hydrogens (primary N) is 1. The summed E-state index contributed by atoms with van der Waals surface area (Å²) in [6.07, 6.45) is 5.23. The van der Waals surface area contributed by atoms with Crippen LogP contribution in [0.25, 0.3) is 0 Å². The predicted octanol–water partition coefficient (Wildman–Crippen LogP) is 1.86. The highest BCUT2D eigenvalue weighted by atomic mass is 127. The highest BCUT2D eigenvalue weighted by molar-refractivity contribution is 14.0. The molecule has 0 aromatic rings. The number of hydrogen-bond donors (Lipinski definition) is 3. The Labute approximate surface area is 139 Å². The van der Waals surface area contributed by atoms with Gasteiger partial charge in [0.2, 0.25) is 5.91 Å². The van der Waals surface area contributed by atoms with Gasteiger partial charge in [0.15, 0.2) is 5.96 Å². The predicted molar refractivity (Wildman–Crippen MR) is 94.3 cm³/mol. The number of aliphatic imine (C=N–C) groups is 1. The molecule has 6 heteroatoms. The second-order valence-corrected chi connectivity index (χ2v) is 5.65. The summed E-state index contributed by atoms with van der Waals surface area (Å²) in [5.41, 5.74) is 5.73. The monoisotopic (exact) mass is 396 g/mol. The molecule has 0 heterocycles. The summed E-state index contributed by atoms with van der Waals surface area (Å²) >= 11 is 0. The van der Waals surface area contributed by atoms with Gasteiger partial charge in [0, 0.05) is 25.6 Å². The van der Waals surface area contributed by atoms with Crippen molar-refractivity contribution in [1.29, 1.82) is 0 Å². The maximum absolute atomic E-state index is 11.5. The molecule has 0 aliphatic heterocycles. The molecule has 1 rings (SSSR count). The minimum Gasteiger partial charge on any atom is -0.370 e. The molecule has 1 fully saturated rings. The number of guanidine groups is 1. The Morgan fingerprint density at radius 2 is 2.00 bits per heavy atom. The number of amides is 1. The standard InChI is InChI=1S/C14H28N4O.HI/c1-11(2)7-10-18-14(15)17-9-4-8-16-13(19)12-5-3-6-12;/h11-12H,3-10H2,1-2H3,(H,16,19)(H3,15,17,18);1H. The molecular formula is C14H29IN4O. The SMILES string of the molecule is CC(C)CCNC(N)=NCCCNC(=O)C1CCC1.I. The lowest BCUT2D eigenvalue weighted by molar-refractivity contribution is -0.127. The van der Waals surface area contributed by atoms with Crippen LogP contribution < -0.4 is 16.4 Å². The Kier molecular flexibility index (Phi) is 10.9. The summed E-state index contributed by atoms with van der Waals surface area (Å²) in [5, 5.41) is 6.04. The van der Waals surface area contributed by atoms with Crippen LogP contribution in [0.5, 0.6) is 0 Å². The lowest BCUT2D eigenvalue weighted by atomic mass is 9.85. The van der Waals surface area contributed by atoms with Crippen LogP contribution in [0.1, 0.15) is 46.0 Å². The third-order valence-corrected chi connectivity index (χ3v) is 3.42. The van der Waals surface area contributed by atoms with Crippen LogP contribution in [-0.2, 0) is 4.79 Å². The summed E-state index contributed by atoms with van der Waals surface area (Å²) in [6, 6.07) is 0. The van der Waals surface area contributed by atoms with Gasteiger partial charge >= 0.3 is 0 Å². The van der Waals surface area contributed by atoms with E-state index in [9.17, 15) is 4.79 Å². The fraction of sp³-hybridized carbons (Fsp3) is 0.857. The Balaban J connectivity index is 0.00000361. The van der Waals surface area contributed by atoms with Crippen LogP contribution in [0.15, 0.2) is 4.99 Å². The Bertz CT molecular complexity index is 304. The lowest BCUT2D eigenvalue weighted by Crippen LogP contribution is -2.35. The summed E-state index contributed by atoms with van der Waals surface area (Å²) in [7, 11) is 0. The first-order valence-corrected chi connectivity index (χ1v) is 7.41. The molecule has 118 valence electrons. The molecule has 0 saturated heterocycles. The minimum absolute atomic E-state index is 0. The molecule has 0 radical (unpaired) electrons. The maximum atomic E-state index is 11.5. The van der Waals surface area contributed by atoms with Crippen LogP contribution >= 0.6 is 24.0 Å². The zero-order valence-corrected chi connectivity index (χ0v) is 15.0. The van der Waals surface area contributed by atoms with Crippen molar-refractivity contribution >= 4 is 35.8 Å². The molecule has 0 bridgehead atoms. The van der Waals surface area contributed by atoms with Crippen LogP contribution in [0.2, 0.25) is 0 Å². The fourth-order valence-electron chi connectivity index (χ4n) is 1.85. The summed E-state index contributed by atoms with van der Waals surface area (Å²) in [5.74, 6) is 1.65. The second kappa shape index (κ2) is 11.2. The smallest absolute Gasteiger partial charge is 0.223 e. The van der Waals surface area contributed by atoms with E-state index in [1.807, 2.05) is 0 Å². The summed E-state index contributed by atoms with van der Waals surface area (Å²) in [4.78, 5) is 15.8. The van der Waals surface area contributed by atoms with Gasteiger partial charge in [-0.05, 0) is 31.6 Å². The zero-order valence-electron chi connectivity index (χ0n) is 12.7. The van der Waals surface area contributed by atoms with Gasteiger partial charge in [-0.15, -0.1) is 24.0 Å². The number of nitrogens with one attached hydrogen (secondary N) is 2. The van der Waals surface area contributed by atoms with Crippen molar-refractivity contribution in [2.75, 3.05) is 19.6 Å². The normalized spacial score (nSPS) is 15.4. The second-order valence-electron chi connectivity index (χ2n) is 5.65. The Hall–Kier alpha value is -0.530. The van der Waals surface area contributed by atoms with E-state index in [2.05, 4.69) is 29.5 Å². The average Bonchev–Trinajstić information content (AvgIpc) is 2.25. The van der Waals surface area contributed by atoms with Crippen LogP contribution in [0.3, 0.4) is 0 Å². The quantitative estimate of drug-likeness (QED) is 0.254. The molecule has 0 aromatic heterocycles. The van der Waals surface area contributed by atoms with Gasteiger partial charge in [-0.2, -0.15) is 0 Å². The molecule has 20 heavy (non-hydrogen) atoms. The van der Waals surface area contributed by atoms with Crippen molar-refractivity contribution in [2.24, 2.45) is 22.6 Å². The Morgan fingerprint density at radius 1 is 1.30 bits per heavy atom. The Morgan fingerprint density at radius 3 is 2.55 bits per heavy atom. The molecule has 4 N–H and O–H groups in total. The third kappa shape index (κ3) is 8.60. The molecule has 1 aliphatic carbocycles. The van der Waals surface area contributed by atoms with Gasteiger partial charge in [-0.1, -0.05) is 20.3 Å². The first-order valence-electron chi connectivity index (χ1n) is 7.41. The maximum Gasteiger partial charge on any atom is 0.223 e. The van der Waals surface area contributed by atoms with E-state index >= 15 is 0 Å². The highest BCUT2D eigenvalue weighted by Gasteiger charge is 2.24. The number of carbonyl (C=O) groups is 1. The van der Waals surface area contributed by atoms with E-state index in [0.717, 1.165) is 32.2 Å². The lowest BCUT2D eigenvalue weighted by Gasteiger charge is -2.23. The van der Waals surface area contributed by atoms with E-state index < -0.39 is 0 Å². The topological polar surface area (TPSA) is 79.5 Å². The fourth-order valence-corrected chi connectivity index (χ4v) is 1.85. The van der Waals surface area contributed by atoms with Crippen molar-refractivity contribution in [1.82, 2.24) is 10.6 Å².